The third-order valence-corrected chi connectivity index (χ3v) is 6.11. The summed E-state index contributed by atoms with van der Waals surface area (Å²) in [7, 11) is -0.637. The molecule has 112 valence electrons. The first-order chi connectivity index (χ1) is 9.37. The maximum atomic E-state index is 12.7. The van der Waals surface area contributed by atoms with Gasteiger partial charge in [0.25, 0.3) is 0 Å². The molecule has 2 rings (SSSR count). The molecule has 1 fully saturated rings. The zero-order valence-electron chi connectivity index (χ0n) is 11.2. The van der Waals surface area contributed by atoms with Gasteiger partial charge in [0.2, 0.25) is 10.0 Å². The predicted octanol–water partition coefficient (Wildman–Crippen LogP) is 2.09. The van der Waals surface area contributed by atoms with Crippen LogP contribution >= 0.6 is 27.5 Å². The maximum Gasteiger partial charge on any atom is 0.246 e. The van der Waals surface area contributed by atoms with Crippen LogP contribution in [0.4, 0.5) is 0 Å². The third kappa shape index (κ3) is 2.96. The smallest absolute Gasteiger partial charge is 0.246 e. The number of nitrogens with zero attached hydrogens (tertiary/aromatic N) is 1. The first-order valence-corrected chi connectivity index (χ1v) is 8.71. The number of nitrogens with one attached hydrogen (secondary N) is 1. The van der Waals surface area contributed by atoms with Crippen molar-refractivity contribution < 1.29 is 13.2 Å². The Kier molecular flexibility index (Phi) is 4.96. The van der Waals surface area contributed by atoms with Gasteiger partial charge in [-0.15, -0.1) is 0 Å². The Labute approximate surface area is 132 Å². The van der Waals surface area contributed by atoms with E-state index in [4.69, 9.17) is 16.3 Å². The molecule has 0 radical (unpaired) electrons. The van der Waals surface area contributed by atoms with E-state index in [1.807, 2.05) is 0 Å². The van der Waals surface area contributed by atoms with Crippen molar-refractivity contribution in [2.45, 2.75) is 17.4 Å². The van der Waals surface area contributed by atoms with Gasteiger partial charge in [-0.2, -0.15) is 4.31 Å². The number of ether oxygens (including phenoxy) is 1. The van der Waals surface area contributed by atoms with Gasteiger partial charge in [-0.25, -0.2) is 8.42 Å². The van der Waals surface area contributed by atoms with Crippen molar-refractivity contribution >= 4 is 37.6 Å². The molecule has 1 N–H and O–H groups in total. The van der Waals surface area contributed by atoms with Crippen LogP contribution < -0.4 is 10.1 Å². The Bertz CT molecular complexity index is 603. The van der Waals surface area contributed by atoms with Crippen LogP contribution in [0.1, 0.15) is 6.42 Å². The van der Waals surface area contributed by atoms with Gasteiger partial charge in [-0.3, -0.25) is 0 Å². The molecule has 0 aliphatic carbocycles. The van der Waals surface area contributed by atoms with Gasteiger partial charge < -0.3 is 10.1 Å². The number of methoxy groups -OCH3 is 1. The number of benzene rings is 1. The van der Waals surface area contributed by atoms with Crippen molar-refractivity contribution in [3.05, 3.63) is 21.6 Å². The average molecular weight is 384 g/mol. The van der Waals surface area contributed by atoms with Gasteiger partial charge in [-0.05, 0) is 41.0 Å². The number of likely N-dealkylation sites (N-methyl/N-ethyl adjacent to an activating group) is 1. The molecule has 1 aromatic rings. The molecule has 1 saturated heterocycles. The van der Waals surface area contributed by atoms with Crippen LogP contribution in [0.2, 0.25) is 5.02 Å². The molecule has 20 heavy (non-hydrogen) atoms. The molecule has 1 heterocycles. The SMILES string of the molecule is COc1c(Br)cc(Cl)cc1S(=O)(=O)N(C)[C@@H]1CCNC1. The van der Waals surface area contributed by atoms with Crippen molar-refractivity contribution in [1.82, 2.24) is 9.62 Å². The van der Waals surface area contributed by atoms with E-state index in [1.165, 1.54) is 17.5 Å². The average Bonchev–Trinajstić information content (AvgIpc) is 2.90. The van der Waals surface area contributed by atoms with Crippen LogP contribution in [0.25, 0.3) is 0 Å². The summed E-state index contributed by atoms with van der Waals surface area (Å²) < 4.78 is 32.6. The molecular formula is C12H16BrClN2O3S. The molecule has 0 unspecified atom stereocenters. The van der Waals surface area contributed by atoms with E-state index >= 15 is 0 Å². The molecule has 1 aliphatic rings. The Morgan fingerprint density at radius 2 is 2.20 bits per heavy atom. The molecule has 0 amide bonds. The highest BCUT2D eigenvalue weighted by Gasteiger charge is 2.33. The highest BCUT2D eigenvalue weighted by Crippen LogP contribution is 2.37. The van der Waals surface area contributed by atoms with Crippen LogP contribution in [0.15, 0.2) is 21.5 Å². The molecule has 0 bridgehead atoms. The van der Waals surface area contributed by atoms with Crippen LogP contribution in [0, 0.1) is 0 Å². The molecule has 8 heteroatoms. The predicted molar refractivity (Wildman–Crippen MR) is 81.9 cm³/mol. The van der Waals surface area contributed by atoms with E-state index in [0.29, 0.717) is 16.0 Å². The van der Waals surface area contributed by atoms with Gasteiger partial charge in [0, 0.05) is 24.7 Å². The number of rotatable bonds is 4. The Hall–Kier alpha value is -0.340. The Morgan fingerprint density at radius 3 is 2.75 bits per heavy atom. The lowest BCUT2D eigenvalue weighted by atomic mass is 10.3. The van der Waals surface area contributed by atoms with E-state index in [0.717, 1.165) is 13.0 Å². The maximum absolute atomic E-state index is 12.7. The minimum absolute atomic E-state index is 0.0533. The normalized spacial score (nSPS) is 19.6. The molecule has 0 aromatic heterocycles. The largest absolute Gasteiger partial charge is 0.494 e. The Morgan fingerprint density at radius 1 is 1.50 bits per heavy atom. The summed E-state index contributed by atoms with van der Waals surface area (Å²) in [5, 5.41) is 3.50. The van der Waals surface area contributed by atoms with E-state index in [1.54, 1.807) is 13.1 Å². The fourth-order valence-corrected chi connectivity index (χ4v) is 4.98. The molecule has 1 aromatic carbocycles. The van der Waals surface area contributed by atoms with Crippen molar-refractivity contribution in [2.75, 3.05) is 27.2 Å². The van der Waals surface area contributed by atoms with E-state index in [2.05, 4.69) is 21.2 Å². The molecular weight excluding hydrogens is 368 g/mol. The topological polar surface area (TPSA) is 58.6 Å². The van der Waals surface area contributed by atoms with Gasteiger partial charge in [-0.1, -0.05) is 11.6 Å². The zero-order chi connectivity index (χ0) is 14.9. The quantitative estimate of drug-likeness (QED) is 0.865. The van der Waals surface area contributed by atoms with Crippen molar-refractivity contribution in [1.29, 1.82) is 0 Å². The lowest BCUT2D eigenvalue weighted by Gasteiger charge is -2.24. The van der Waals surface area contributed by atoms with E-state index in [9.17, 15) is 8.42 Å². The highest BCUT2D eigenvalue weighted by atomic mass is 79.9. The number of hydrogen-bond acceptors (Lipinski definition) is 4. The van der Waals surface area contributed by atoms with Crippen LogP contribution in [0.5, 0.6) is 5.75 Å². The molecule has 1 atom stereocenters. The fraction of sp³-hybridized carbons (Fsp3) is 0.500. The lowest BCUT2D eigenvalue weighted by molar-refractivity contribution is 0.375. The summed E-state index contributed by atoms with van der Waals surface area (Å²) in [6.45, 7) is 1.47. The first-order valence-electron chi connectivity index (χ1n) is 6.09. The Balaban J connectivity index is 2.48. The van der Waals surface area contributed by atoms with E-state index < -0.39 is 10.0 Å². The molecule has 0 saturated carbocycles. The lowest BCUT2D eigenvalue weighted by Crippen LogP contribution is -2.38. The number of hydrogen-bond donors (Lipinski definition) is 1. The highest BCUT2D eigenvalue weighted by molar-refractivity contribution is 9.10. The summed E-state index contributed by atoms with van der Waals surface area (Å²) >= 11 is 9.25. The minimum Gasteiger partial charge on any atom is -0.494 e. The number of sulfonamides is 1. The van der Waals surface area contributed by atoms with Crippen LogP contribution in [-0.2, 0) is 10.0 Å². The van der Waals surface area contributed by atoms with Crippen molar-refractivity contribution in [3.63, 3.8) is 0 Å². The van der Waals surface area contributed by atoms with Crippen LogP contribution in [0.3, 0.4) is 0 Å². The van der Waals surface area contributed by atoms with Gasteiger partial charge >= 0.3 is 0 Å². The second kappa shape index (κ2) is 6.19. The third-order valence-electron chi connectivity index (χ3n) is 3.38. The molecule has 5 nitrogen and oxygen atoms in total. The summed E-state index contributed by atoms with van der Waals surface area (Å²) in [6, 6.07) is 2.97. The van der Waals surface area contributed by atoms with Gasteiger partial charge in [0.05, 0.1) is 11.6 Å². The molecule has 1 aliphatic heterocycles. The van der Waals surface area contributed by atoms with Gasteiger partial charge in [0.1, 0.15) is 4.90 Å². The summed E-state index contributed by atoms with van der Waals surface area (Å²) in [6.07, 6.45) is 0.791. The standard InChI is InChI=1S/C12H16BrClN2O3S/c1-16(9-3-4-15-7-9)20(17,18)11-6-8(14)5-10(13)12(11)19-2/h5-6,9,15H,3-4,7H2,1-2H3/t9-/m1/s1. The second-order valence-electron chi connectivity index (χ2n) is 4.59. The summed E-state index contributed by atoms with van der Waals surface area (Å²) in [5.74, 6) is 0.271. The number of halogens is 2. The zero-order valence-corrected chi connectivity index (χ0v) is 14.3. The van der Waals surface area contributed by atoms with E-state index in [-0.39, 0.29) is 16.7 Å². The second-order valence-corrected chi connectivity index (χ2v) is 7.84. The van der Waals surface area contributed by atoms with Crippen molar-refractivity contribution in [2.24, 2.45) is 0 Å². The van der Waals surface area contributed by atoms with Gasteiger partial charge in [0.15, 0.2) is 5.75 Å². The minimum atomic E-state index is -3.66. The van der Waals surface area contributed by atoms with Crippen molar-refractivity contribution in [3.8, 4) is 5.75 Å². The summed E-state index contributed by atoms with van der Waals surface area (Å²) in [5.41, 5.74) is 0. The monoisotopic (exact) mass is 382 g/mol. The fourth-order valence-electron chi connectivity index (χ4n) is 2.23. The first kappa shape index (κ1) is 16.0. The van der Waals surface area contributed by atoms with Crippen LogP contribution in [-0.4, -0.2) is 46.0 Å². The summed E-state index contributed by atoms with van der Waals surface area (Å²) in [4.78, 5) is 0.0776. The molecule has 0 spiro atoms.